The Hall–Kier alpha value is -2.72. The number of hydrogen-bond acceptors (Lipinski definition) is 4. The van der Waals surface area contributed by atoms with Crippen molar-refractivity contribution < 1.29 is 5.11 Å². The Morgan fingerprint density at radius 3 is 2.89 bits per heavy atom. The van der Waals surface area contributed by atoms with E-state index in [0.29, 0.717) is 35.8 Å². The number of fused-ring (bicyclic) bond motifs is 1. The maximum atomic E-state index is 11.8. The zero-order chi connectivity index (χ0) is 19.0. The molecule has 2 aromatic heterocycles. The summed E-state index contributed by atoms with van der Waals surface area (Å²) in [7, 11) is 1.53. The number of aromatic hydroxyl groups is 1. The number of nitrogens with zero attached hydrogens (tertiary/aromatic N) is 5. The quantitative estimate of drug-likeness (QED) is 0.540. The number of hydrogen-bond donors (Lipinski definition) is 1. The Kier molecular flexibility index (Phi) is 4.66. The van der Waals surface area contributed by atoms with Crippen LogP contribution in [0, 0.1) is 17.8 Å². The van der Waals surface area contributed by atoms with Crippen LogP contribution in [0.1, 0.15) is 31.2 Å². The Morgan fingerprint density at radius 2 is 2.19 bits per heavy atom. The molecule has 0 amide bonds. The molecule has 1 aliphatic rings. The Morgan fingerprint density at radius 1 is 1.37 bits per heavy atom. The van der Waals surface area contributed by atoms with Crippen LogP contribution < -0.4 is 5.69 Å². The smallest absolute Gasteiger partial charge is 0.330 e. The summed E-state index contributed by atoms with van der Waals surface area (Å²) in [5, 5.41) is 18.5. The number of aromatic nitrogens is 5. The Labute approximate surface area is 161 Å². The molecule has 3 aromatic rings. The summed E-state index contributed by atoms with van der Waals surface area (Å²) in [6, 6.07) is 3.88. The highest BCUT2D eigenvalue weighted by Crippen LogP contribution is 2.32. The van der Waals surface area contributed by atoms with Crippen molar-refractivity contribution in [2.24, 2.45) is 13.0 Å². The van der Waals surface area contributed by atoms with E-state index in [4.69, 9.17) is 11.6 Å². The molecule has 0 radical (unpaired) electrons. The van der Waals surface area contributed by atoms with Crippen LogP contribution in [0.25, 0.3) is 11.0 Å². The molecule has 1 aliphatic carbocycles. The summed E-state index contributed by atoms with van der Waals surface area (Å²) in [5.74, 6) is 6.85. The van der Waals surface area contributed by atoms with Gasteiger partial charge >= 0.3 is 5.69 Å². The van der Waals surface area contributed by atoms with Gasteiger partial charge < -0.3 is 5.11 Å². The van der Waals surface area contributed by atoms with E-state index < -0.39 is 0 Å². The molecule has 1 fully saturated rings. The molecule has 4 rings (SSSR count). The fraction of sp³-hybridized carbons (Fsp3) is 0.421. The van der Waals surface area contributed by atoms with Gasteiger partial charge in [-0.25, -0.2) is 9.48 Å². The Balaban J connectivity index is 1.42. The van der Waals surface area contributed by atoms with Crippen LogP contribution in [0.5, 0.6) is 5.88 Å². The average molecular weight is 386 g/mol. The molecule has 0 unspecified atom stereocenters. The highest BCUT2D eigenvalue weighted by atomic mass is 35.5. The molecule has 7 nitrogen and oxygen atoms in total. The average Bonchev–Trinajstić information content (AvgIpc) is 3.33. The predicted octanol–water partition coefficient (Wildman–Crippen LogP) is 2.53. The van der Waals surface area contributed by atoms with Crippen molar-refractivity contribution in [3.05, 3.63) is 39.4 Å². The molecule has 0 bridgehead atoms. The number of benzene rings is 1. The SMILES string of the molecule is Cn1c(O)cn(CCCC#Cc2ccc3c(nnn3CC3CC3)c2Cl)c1=O. The van der Waals surface area contributed by atoms with E-state index in [1.54, 1.807) is 0 Å². The van der Waals surface area contributed by atoms with Crippen molar-refractivity contribution in [1.82, 2.24) is 24.1 Å². The lowest BCUT2D eigenvalue weighted by Gasteiger charge is -2.01. The van der Waals surface area contributed by atoms with Gasteiger partial charge in [0, 0.05) is 32.1 Å². The van der Waals surface area contributed by atoms with E-state index in [9.17, 15) is 9.90 Å². The molecule has 0 atom stereocenters. The summed E-state index contributed by atoms with van der Waals surface area (Å²) >= 11 is 6.46. The lowest BCUT2D eigenvalue weighted by molar-refractivity contribution is 0.429. The van der Waals surface area contributed by atoms with Crippen molar-refractivity contribution in [2.45, 2.75) is 38.8 Å². The van der Waals surface area contributed by atoms with Crippen LogP contribution in [-0.2, 0) is 20.1 Å². The monoisotopic (exact) mass is 385 g/mol. The van der Waals surface area contributed by atoms with Gasteiger partial charge in [0.25, 0.3) is 0 Å². The number of imidazole rings is 1. The van der Waals surface area contributed by atoms with Gasteiger partial charge in [-0.05, 0) is 37.3 Å². The molecule has 0 aliphatic heterocycles. The number of halogens is 1. The van der Waals surface area contributed by atoms with Crippen LogP contribution >= 0.6 is 11.6 Å². The van der Waals surface area contributed by atoms with Crippen LogP contribution in [0.2, 0.25) is 5.02 Å². The van der Waals surface area contributed by atoms with Crippen molar-refractivity contribution in [3.8, 4) is 17.7 Å². The molecule has 1 N–H and O–H groups in total. The highest BCUT2D eigenvalue weighted by molar-refractivity contribution is 6.36. The second kappa shape index (κ2) is 7.12. The fourth-order valence-electron chi connectivity index (χ4n) is 3.01. The molecular weight excluding hydrogens is 366 g/mol. The normalized spacial score (nSPS) is 13.7. The zero-order valence-electron chi connectivity index (χ0n) is 15.0. The van der Waals surface area contributed by atoms with Crippen molar-refractivity contribution >= 4 is 22.6 Å². The minimum absolute atomic E-state index is 0.0408. The molecule has 1 saturated carbocycles. The Bertz CT molecular complexity index is 1110. The third-order valence-electron chi connectivity index (χ3n) is 4.83. The van der Waals surface area contributed by atoms with E-state index in [1.165, 1.54) is 35.2 Å². The first-order valence-electron chi connectivity index (χ1n) is 9.00. The summed E-state index contributed by atoms with van der Waals surface area (Å²) in [4.78, 5) is 11.8. The van der Waals surface area contributed by atoms with Gasteiger partial charge in [-0.2, -0.15) is 0 Å². The summed E-state index contributed by atoms with van der Waals surface area (Å²) < 4.78 is 4.61. The predicted molar refractivity (Wildman–Crippen MR) is 103 cm³/mol. The third-order valence-corrected chi connectivity index (χ3v) is 5.21. The topological polar surface area (TPSA) is 77.9 Å². The lowest BCUT2D eigenvalue weighted by atomic mass is 10.2. The van der Waals surface area contributed by atoms with Gasteiger partial charge in [0.15, 0.2) is 0 Å². The van der Waals surface area contributed by atoms with Gasteiger partial charge in [0.05, 0.1) is 16.7 Å². The molecule has 0 spiro atoms. The van der Waals surface area contributed by atoms with Gasteiger partial charge in [0.2, 0.25) is 5.88 Å². The molecule has 2 heterocycles. The second-order valence-electron chi connectivity index (χ2n) is 6.94. The first kappa shape index (κ1) is 17.7. The lowest BCUT2D eigenvalue weighted by Crippen LogP contribution is -2.21. The molecular formula is C19H20ClN5O2. The van der Waals surface area contributed by atoms with Gasteiger partial charge in [0.1, 0.15) is 5.52 Å². The number of aryl methyl sites for hydroxylation is 1. The molecule has 140 valence electrons. The first-order valence-corrected chi connectivity index (χ1v) is 9.38. The number of unbranched alkanes of at least 4 members (excludes halogenated alkanes) is 1. The number of rotatable bonds is 5. The first-order chi connectivity index (χ1) is 13.0. The van der Waals surface area contributed by atoms with E-state index in [1.807, 2.05) is 16.8 Å². The van der Waals surface area contributed by atoms with Gasteiger partial charge in [-0.15, -0.1) is 5.10 Å². The van der Waals surface area contributed by atoms with Crippen LogP contribution in [0.3, 0.4) is 0 Å². The van der Waals surface area contributed by atoms with Gasteiger partial charge in [-0.3, -0.25) is 9.13 Å². The second-order valence-corrected chi connectivity index (χ2v) is 7.32. The molecule has 1 aromatic carbocycles. The zero-order valence-corrected chi connectivity index (χ0v) is 15.8. The standard InChI is InChI=1S/C19H20ClN5O2/c1-23-16(26)12-24(19(23)27)10-4-2-3-5-14-8-9-15-18(17(14)20)21-22-25(15)11-13-6-7-13/h8-9,12-13,26H,2,4,6-7,10-11H2,1H3. The maximum absolute atomic E-state index is 11.8. The van der Waals surface area contributed by atoms with E-state index in [0.717, 1.165) is 17.6 Å². The summed E-state index contributed by atoms with van der Waals surface area (Å²) in [6.45, 7) is 1.40. The van der Waals surface area contributed by atoms with Crippen molar-refractivity contribution in [1.29, 1.82) is 0 Å². The van der Waals surface area contributed by atoms with Crippen LogP contribution in [0.4, 0.5) is 0 Å². The van der Waals surface area contributed by atoms with E-state index in [2.05, 4.69) is 22.2 Å². The fourth-order valence-corrected chi connectivity index (χ4v) is 3.25. The van der Waals surface area contributed by atoms with Crippen LogP contribution in [-0.4, -0.2) is 29.2 Å². The maximum Gasteiger partial charge on any atom is 0.330 e. The largest absolute Gasteiger partial charge is 0.493 e. The summed E-state index contributed by atoms with van der Waals surface area (Å²) in [5.41, 5.74) is 2.14. The van der Waals surface area contributed by atoms with Crippen molar-refractivity contribution in [3.63, 3.8) is 0 Å². The van der Waals surface area contributed by atoms with Gasteiger partial charge in [-0.1, -0.05) is 28.7 Å². The molecule has 0 saturated heterocycles. The van der Waals surface area contributed by atoms with E-state index >= 15 is 0 Å². The molecule has 8 heteroatoms. The molecule has 27 heavy (non-hydrogen) atoms. The van der Waals surface area contributed by atoms with Crippen molar-refractivity contribution in [2.75, 3.05) is 0 Å². The highest BCUT2D eigenvalue weighted by Gasteiger charge is 2.23. The van der Waals surface area contributed by atoms with E-state index in [-0.39, 0.29) is 11.6 Å². The summed E-state index contributed by atoms with van der Waals surface area (Å²) in [6.07, 6.45) is 5.27. The minimum Gasteiger partial charge on any atom is -0.493 e. The minimum atomic E-state index is -0.233. The third kappa shape index (κ3) is 3.58. The van der Waals surface area contributed by atoms with Crippen LogP contribution in [0.15, 0.2) is 23.1 Å².